The third kappa shape index (κ3) is 2.12. The molecular weight excluding hydrogens is 196 g/mol. The maximum Gasteiger partial charge on any atom is 0.371 e. The van der Waals surface area contributed by atoms with E-state index in [9.17, 15) is 4.79 Å². The van der Waals surface area contributed by atoms with Crippen molar-refractivity contribution >= 4 is 11.9 Å². The largest absolute Gasteiger partial charge is 0.475 e. The Labute approximate surface area is 87.5 Å². The molecule has 0 unspecified atom stereocenters. The zero-order chi connectivity index (χ0) is 10.8. The van der Waals surface area contributed by atoms with Gasteiger partial charge in [0.15, 0.2) is 5.88 Å². The molecule has 2 heterocycles. The van der Waals surface area contributed by atoms with E-state index >= 15 is 0 Å². The van der Waals surface area contributed by atoms with Crippen molar-refractivity contribution in [1.82, 2.24) is 0 Å². The summed E-state index contributed by atoms with van der Waals surface area (Å²) in [5.41, 5.74) is 5.78. The van der Waals surface area contributed by atoms with Gasteiger partial charge < -0.3 is 20.2 Å². The molecule has 0 spiro atoms. The Bertz CT molecular complexity index is 353. The van der Waals surface area contributed by atoms with Crippen LogP contribution in [-0.4, -0.2) is 30.2 Å². The lowest BCUT2D eigenvalue weighted by molar-refractivity contribution is 0.0663. The number of hydrogen-bond donors (Lipinski definition) is 2. The molecule has 0 atom stereocenters. The highest BCUT2D eigenvalue weighted by molar-refractivity contribution is 5.84. The van der Waals surface area contributed by atoms with E-state index in [0.717, 1.165) is 25.9 Å². The molecule has 1 fully saturated rings. The fourth-order valence-electron chi connectivity index (χ4n) is 1.73. The standard InChI is InChI=1S/C10H14N2O3/c11-7-3-5-12(6-4-7)9-2-1-8(15-9)10(13)14/h1-2,7H,3-6,11H2,(H,13,14). The van der Waals surface area contributed by atoms with Gasteiger partial charge in [-0.2, -0.15) is 0 Å². The first kappa shape index (κ1) is 10.0. The molecule has 0 radical (unpaired) electrons. The number of anilines is 1. The molecule has 1 aromatic heterocycles. The van der Waals surface area contributed by atoms with Gasteiger partial charge in [-0.25, -0.2) is 4.79 Å². The molecule has 1 aromatic rings. The van der Waals surface area contributed by atoms with Gasteiger partial charge in [-0.05, 0) is 18.9 Å². The van der Waals surface area contributed by atoms with Gasteiger partial charge in [0.05, 0.1) is 0 Å². The van der Waals surface area contributed by atoms with Crippen molar-refractivity contribution in [1.29, 1.82) is 0 Å². The first-order valence-electron chi connectivity index (χ1n) is 5.00. The Morgan fingerprint density at radius 3 is 2.67 bits per heavy atom. The first-order chi connectivity index (χ1) is 7.16. The normalized spacial score (nSPS) is 18.1. The maximum atomic E-state index is 10.6. The summed E-state index contributed by atoms with van der Waals surface area (Å²) in [6.07, 6.45) is 1.84. The number of furan rings is 1. The Kier molecular flexibility index (Phi) is 2.64. The van der Waals surface area contributed by atoms with Gasteiger partial charge >= 0.3 is 5.97 Å². The van der Waals surface area contributed by atoms with Crippen molar-refractivity contribution < 1.29 is 14.3 Å². The molecule has 0 aliphatic carbocycles. The molecule has 5 nitrogen and oxygen atoms in total. The predicted molar refractivity (Wildman–Crippen MR) is 55.1 cm³/mol. The zero-order valence-corrected chi connectivity index (χ0v) is 8.35. The molecule has 0 bridgehead atoms. The predicted octanol–water partition coefficient (Wildman–Crippen LogP) is 0.905. The van der Waals surface area contributed by atoms with Crippen LogP contribution in [-0.2, 0) is 0 Å². The second kappa shape index (κ2) is 3.94. The molecule has 0 saturated carbocycles. The van der Waals surface area contributed by atoms with Crippen LogP contribution in [0, 0.1) is 0 Å². The monoisotopic (exact) mass is 210 g/mol. The second-order valence-electron chi connectivity index (χ2n) is 3.77. The molecule has 1 aliphatic rings. The van der Waals surface area contributed by atoms with Crippen LogP contribution in [0.1, 0.15) is 23.4 Å². The first-order valence-corrected chi connectivity index (χ1v) is 5.00. The minimum atomic E-state index is -1.03. The zero-order valence-electron chi connectivity index (χ0n) is 8.35. The van der Waals surface area contributed by atoms with Crippen molar-refractivity contribution in [3.05, 3.63) is 17.9 Å². The SMILES string of the molecule is NC1CCN(c2ccc(C(=O)O)o2)CC1. The van der Waals surface area contributed by atoms with Gasteiger partial charge in [0.1, 0.15) is 0 Å². The van der Waals surface area contributed by atoms with E-state index in [2.05, 4.69) is 0 Å². The minimum absolute atomic E-state index is 0.0140. The van der Waals surface area contributed by atoms with Crippen LogP contribution in [0.4, 0.5) is 5.88 Å². The molecule has 0 aromatic carbocycles. The van der Waals surface area contributed by atoms with E-state index in [4.69, 9.17) is 15.3 Å². The van der Waals surface area contributed by atoms with E-state index < -0.39 is 5.97 Å². The maximum absolute atomic E-state index is 10.6. The fraction of sp³-hybridized carbons (Fsp3) is 0.500. The number of carboxylic acid groups (broad SMARTS) is 1. The van der Waals surface area contributed by atoms with Gasteiger partial charge in [0.25, 0.3) is 0 Å². The Morgan fingerprint density at radius 1 is 1.47 bits per heavy atom. The molecule has 1 saturated heterocycles. The van der Waals surface area contributed by atoms with Crippen LogP contribution in [0.5, 0.6) is 0 Å². The highest BCUT2D eigenvalue weighted by Crippen LogP contribution is 2.22. The van der Waals surface area contributed by atoms with E-state index in [1.165, 1.54) is 6.07 Å². The number of nitrogens with zero attached hydrogens (tertiary/aromatic N) is 1. The number of rotatable bonds is 2. The molecule has 82 valence electrons. The average molecular weight is 210 g/mol. The van der Waals surface area contributed by atoms with E-state index in [1.807, 2.05) is 4.90 Å². The number of hydrogen-bond acceptors (Lipinski definition) is 4. The van der Waals surface area contributed by atoms with Gasteiger partial charge in [-0.3, -0.25) is 0 Å². The summed E-state index contributed by atoms with van der Waals surface area (Å²) in [5.74, 6) is -0.422. The second-order valence-corrected chi connectivity index (χ2v) is 3.77. The summed E-state index contributed by atoms with van der Waals surface area (Å²) in [7, 11) is 0. The van der Waals surface area contributed by atoms with Gasteiger partial charge in [0, 0.05) is 25.2 Å². The quantitative estimate of drug-likeness (QED) is 0.758. The van der Waals surface area contributed by atoms with Crippen molar-refractivity contribution in [2.45, 2.75) is 18.9 Å². The summed E-state index contributed by atoms with van der Waals surface area (Å²) >= 11 is 0. The highest BCUT2D eigenvalue weighted by atomic mass is 16.4. The highest BCUT2D eigenvalue weighted by Gasteiger charge is 2.19. The Hall–Kier alpha value is -1.49. The van der Waals surface area contributed by atoms with Crippen LogP contribution in [0.15, 0.2) is 16.5 Å². The summed E-state index contributed by atoms with van der Waals surface area (Å²) in [5, 5.41) is 8.71. The summed E-state index contributed by atoms with van der Waals surface area (Å²) in [6, 6.07) is 3.43. The van der Waals surface area contributed by atoms with E-state index in [0.29, 0.717) is 5.88 Å². The van der Waals surface area contributed by atoms with Crippen molar-refractivity contribution in [2.75, 3.05) is 18.0 Å². The topological polar surface area (TPSA) is 79.7 Å². The molecule has 1 aliphatic heterocycles. The fourth-order valence-corrected chi connectivity index (χ4v) is 1.73. The molecule has 5 heteroatoms. The number of carboxylic acids is 1. The minimum Gasteiger partial charge on any atom is -0.475 e. The summed E-state index contributed by atoms with van der Waals surface area (Å²) in [6.45, 7) is 1.65. The smallest absolute Gasteiger partial charge is 0.371 e. The third-order valence-corrected chi connectivity index (χ3v) is 2.65. The lowest BCUT2D eigenvalue weighted by Gasteiger charge is -2.29. The number of nitrogens with two attached hydrogens (primary N) is 1. The molecule has 15 heavy (non-hydrogen) atoms. The summed E-state index contributed by atoms with van der Waals surface area (Å²) < 4.78 is 5.21. The lowest BCUT2D eigenvalue weighted by Crippen LogP contribution is -2.39. The molecule has 2 rings (SSSR count). The summed E-state index contributed by atoms with van der Waals surface area (Å²) in [4.78, 5) is 12.6. The van der Waals surface area contributed by atoms with Crippen molar-refractivity contribution in [3.63, 3.8) is 0 Å². The van der Waals surface area contributed by atoms with Crippen molar-refractivity contribution in [2.24, 2.45) is 5.73 Å². The Balaban J connectivity index is 2.06. The molecule has 3 N–H and O–H groups in total. The molecular formula is C10H14N2O3. The van der Waals surface area contributed by atoms with Crippen molar-refractivity contribution in [3.8, 4) is 0 Å². The molecule has 0 amide bonds. The Morgan fingerprint density at radius 2 is 2.13 bits per heavy atom. The van der Waals surface area contributed by atoms with Gasteiger partial charge in [0.2, 0.25) is 5.76 Å². The van der Waals surface area contributed by atoms with Crippen LogP contribution in [0.25, 0.3) is 0 Å². The average Bonchev–Trinajstić information content (AvgIpc) is 2.68. The van der Waals surface area contributed by atoms with E-state index in [1.54, 1.807) is 6.07 Å². The third-order valence-electron chi connectivity index (χ3n) is 2.65. The van der Waals surface area contributed by atoms with Crippen LogP contribution >= 0.6 is 0 Å². The number of piperidine rings is 1. The van der Waals surface area contributed by atoms with Crippen LogP contribution in [0.2, 0.25) is 0 Å². The van der Waals surface area contributed by atoms with E-state index in [-0.39, 0.29) is 11.8 Å². The van der Waals surface area contributed by atoms with Crippen LogP contribution in [0.3, 0.4) is 0 Å². The lowest BCUT2D eigenvalue weighted by atomic mass is 10.1. The van der Waals surface area contributed by atoms with Gasteiger partial charge in [-0.1, -0.05) is 0 Å². The number of aromatic carboxylic acids is 1. The van der Waals surface area contributed by atoms with Gasteiger partial charge in [-0.15, -0.1) is 0 Å². The van der Waals surface area contributed by atoms with Crippen LogP contribution < -0.4 is 10.6 Å². The number of carbonyl (C=O) groups is 1.